The average molecular weight is 626 g/mol. The van der Waals surface area contributed by atoms with Crippen LogP contribution in [0.1, 0.15) is 32.5 Å². The number of aromatic amines is 1. The van der Waals surface area contributed by atoms with Crippen LogP contribution in [0, 0.1) is 0 Å². The first-order valence-electron chi connectivity index (χ1n) is 14.5. The molecule has 46 heavy (non-hydrogen) atoms. The quantitative estimate of drug-likeness (QED) is 0.129. The predicted octanol–water partition coefficient (Wildman–Crippen LogP) is 1.51. The Kier molecular flexibility index (Phi) is 6.30. The molecule has 5 unspecified atom stereocenters. The van der Waals surface area contributed by atoms with E-state index in [1.807, 2.05) is 0 Å². The number of benzene rings is 3. The van der Waals surface area contributed by atoms with Crippen LogP contribution in [0.2, 0.25) is 0 Å². The number of aliphatic hydroxyl groups is 4. The van der Waals surface area contributed by atoms with Crippen molar-refractivity contribution in [3.63, 3.8) is 0 Å². The zero-order valence-corrected chi connectivity index (χ0v) is 23.8. The Morgan fingerprint density at radius 3 is 2.24 bits per heavy atom. The number of pyridine rings is 1. The molecule has 0 aliphatic carbocycles. The molecule has 6 aromatic rings. The van der Waals surface area contributed by atoms with Crippen LogP contribution in [0.4, 0.5) is 0 Å². The van der Waals surface area contributed by atoms with Crippen LogP contribution < -0.4 is 5.43 Å². The smallest absolute Gasteiger partial charge is 0.276 e. The summed E-state index contributed by atoms with van der Waals surface area (Å²) in [5.41, 5.74) is 5.23. The number of amides is 2. The van der Waals surface area contributed by atoms with Crippen molar-refractivity contribution >= 4 is 55.4 Å². The van der Waals surface area contributed by atoms with Crippen LogP contribution in [0.15, 0.2) is 60.9 Å². The van der Waals surface area contributed by atoms with Crippen LogP contribution in [-0.2, 0) is 11.3 Å². The highest BCUT2D eigenvalue weighted by atomic mass is 16.6. The van der Waals surface area contributed by atoms with E-state index in [1.54, 1.807) is 36.7 Å². The minimum Gasteiger partial charge on any atom is -0.508 e. The van der Waals surface area contributed by atoms with Crippen molar-refractivity contribution in [2.75, 3.05) is 6.61 Å². The van der Waals surface area contributed by atoms with Crippen molar-refractivity contribution in [2.24, 2.45) is 0 Å². The van der Waals surface area contributed by atoms with Gasteiger partial charge >= 0.3 is 0 Å². The Labute approximate surface area is 258 Å². The van der Waals surface area contributed by atoms with Gasteiger partial charge in [0.2, 0.25) is 0 Å². The van der Waals surface area contributed by atoms with E-state index in [9.17, 15) is 40.2 Å². The van der Waals surface area contributed by atoms with Crippen LogP contribution >= 0.6 is 0 Å². The number of aliphatic hydroxyl groups excluding tert-OH is 4. The number of nitrogens with zero attached hydrogens (tertiary/aromatic N) is 3. The summed E-state index contributed by atoms with van der Waals surface area (Å²) < 4.78 is 7.47. The van der Waals surface area contributed by atoms with Crippen molar-refractivity contribution in [3.05, 3.63) is 77.6 Å². The summed E-state index contributed by atoms with van der Waals surface area (Å²) in [6, 6.07) is 12.4. The molecule has 14 nitrogen and oxygen atoms in total. The molecule has 8 rings (SSSR count). The van der Waals surface area contributed by atoms with Gasteiger partial charge in [-0.2, -0.15) is 0 Å². The molecular formula is C32H27N5O9. The first-order chi connectivity index (χ1) is 22.2. The zero-order chi connectivity index (χ0) is 32.0. The third-order valence-corrected chi connectivity index (χ3v) is 8.90. The van der Waals surface area contributed by atoms with Crippen molar-refractivity contribution < 1.29 is 45.0 Å². The molecular weight excluding hydrogens is 598 g/mol. The minimum atomic E-state index is -1.72. The molecule has 0 saturated carbocycles. The molecule has 5 heterocycles. The number of hydrogen-bond acceptors (Lipinski definition) is 11. The van der Waals surface area contributed by atoms with E-state index in [-0.39, 0.29) is 40.2 Å². The molecule has 3 aromatic carbocycles. The van der Waals surface area contributed by atoms with Gasteiger partial charge < -0.3 is 44.9 Å². The van der Waals surface area contributed by atoms with Crippen molar-refractivity contribution in [1.82, 2.24) is 25.0 Å². The average Bonchev–Trinajstić information content (AvgIpc) is 3.66. The molecule has 3 aromatic heterocycles. The van der Waals surface area contributed by atoms with E-state index in [2.05, 4.69) is 15.4 Å². The van der Waals surface area contributed by atoms with Gasteiger partial charge in [-0.15, -0.1) is 0 Å². The number of hydrogen-bond donors (Lipinski definition) is 8. The first kappa shape index (κ1) is 28.4. The number of phenolic OH excluding ortho intramolecular Hbond substituents is 2. The molecule has 2 aliphatic heterocycles. The number of aromatic hydroxyl groups is 2. The van der Waals surface area contributed by atoms with Gasteiger partial charge in [-0.3, -0.25) is 14.6 Å². The van der Waals surface area contributed by atoms with Gasteiger partial charge in [0, 0.05) is 52.6 Å². The van der Waals surface area contributed by atoms with E-state index in [0.717, 1.165) is 10.6 Å². The molecule has 0 bridgehead atoms. The molecule has 8 N–H and O–H groups in total. The number of hydrazine groups is 1. The summed E-state index contributed by atoms with van der Waals surface area (Å²) in [5, 5.41) is 65.9. The number of aromatic nitrogens is 3. The van der Waals surface area contributed by atoms with Gasteiger partial charge in [0.05, 0.1) is 39.8 Å². The molecule has 1 fully saturated rings. The molecule has 234 valence electrons. The fourth-order valence-electron chi connectivity index (χ4n) is 6.79. The lowest BCUT2D eigenvalue weighted by molar-refractivity contribution is -0.249. The maximum Gasteiger partial charge on any atom is 0.276 e. The molecule has 0 radical (unpaired) electrons. The SMILES string of the molecule is O=C1c2c(c3c4ccc(O)cc4n(C4OC(CO)C(O)C(O)C4O)c3c3[nH]c4cc(O)ccc4c23)C(=O)N1NCc1ccncc1. The predicted molar refractivity (Wildman–Crippen MR) is 163 cm³/mol. The van der Waals surface area contributed by atoms with Gasteiger partial charge in [0.15, 0.2) is 6.23 Å². The Balaban J connectivity index is 1.47. The third-order valence-electron chi connectivity index (χ3n) is 8.90. The number of phenols is 2. The van der Waals surface area contributed by atoms with Crippen LogP contribution in [0.3, 0.4) is 0 Å². The van der Waals surface area contributed by atoms with Gasteiger partial charge in [0.25, 0.3) is 11.8 Å². The number of carbonyl (C=O) groups excluding carboxylic acids is 2. The fraction of sp³-hybridized carbons (Fsp3) is 0.219. The van der Waals surface area contributed by atoms with Gasteiger partial charge in [-0.05, 0) is 42.0 Å². The molecule has 2 amide bonds. The number of rotatable bonds is 5. The highest BCUT2D eigenvalue weighted by molar-refractivity contribution is 6.39. The number of carbonyl (C=O) groups is 2. The number of ether oxygens (including phenoxy) is 1. The maximum atomic E-state index is 14.3. The van der Waals surface area contributed by atoms with Gasteiger partial charge in [-0.1, -0.05) is 0 Å². The van der Waals surface area contributed by atoms with E-state index in [1.165, 1.54) is 28.8 Å². The fourth-order valence-corrected chi connectivity index (χ4v) is 6.79. The molecule has 0 spiro atoms. The van der Waals surface area contributed by atoms with Crippen molar-refractivity contribution in [2.45, 2.75) is 37.2 Å². The summed E-state index contributed by atoms with van der Waals surface area (Å²) in [6.07, 6.45) is -4.56. The number of fused-ring (bicyclic) bond motifs is 10. The molecule has 14 heteroatoms. The normalized spacial score (nSPS) is 23.4. The van der Waals surface area contributed by atoms with Crippen LogP contribution in [0.5, 0.6) is 11.5 Å². The van der Waals surface area contributed by atoms with Gasteiger partial charge in [-0.25, -0.2) is 10.4 Å². The highest BCUT2D eigenvalue weighted by Crippen LogP contribution is 2.47. The lowest BCUT2D eigenvalue weighted by Crippen LogP contribution is -2.56. The zero-order valence-electron chi connectivity index (χ0n) is 23.8. The highest BCUT2D eigenvalue weighted by Gasteiger charge is 2.47. The summed E-state index contributed by atoms with van der Waals surface area (Å²) >= 11 is 0. The number of nitrogens with one attached hydrogen (secondary N) is 2. The summed E-state index contributed by atoms with van der Waals surface area (Å²) in [6.45, 7) is -0.534. The van der Waals surface area contributed by atoms with E-state index < -0.39 is 49.1 Å². The maximum absolute atomic E-state index is 14.3. The Morgan fingerprint density at radius 1 is 0.848 bits per heavy atom. The van der Waals surface area contributed by atoms with E-state index >= 15 is 0 Å². The van der Waals surface area contributed by atoms with E-state index in [4.69, 9.17) is 4.74 Å². The number of H-pyrrole nitrogens is 1. The lowest BCUT2D eigenvalue weighted by Gasteiger charge is -2.41. The van der Waals surface area contributed by atoms with Crippen molar-refractivity contribution in [1.29, 1.82) is 0 Å². The van der Waals surface area contributed by atoms with Crippen molar-refractivity contribution in [3.8, 4) is 11.5 Å². The second-order valence-corrected chi connectivity index (χ2v) is 11.5. The van der Waals surface area contributed by atoms with Gasteiger partial charge in [0.1, 0.15) is 35.9 Å². The molecule has 1 saturated heterocycles. The van der Waals surface area contributed by atoms with E-state index in [0.29, 0.717) is 32.6 Å². The molecule has 5 atom stereocenters. The minimum absolute atomic E-state index is 0.0469. The Bertz CT molecular complexity index is 2230. The Morgan fingerprint density at radius 2 is 1.52 bits per heavy atom. The first-order valence-corrected chi connectivity index (χ1v) is 14.5. The third kappa shape index (κ3) is 3.89. The largest absolute Gasteiger partial charge is 0.508 e. The number of imide groups is 1. The van der Waals surface area contributed by atoms with Crippen LogP contribution in [-0.4, -0.2) is 93.0 Å². The monoisotopic (exact) mass is 625 g/mol. The second kappa shape index (κ2) is 10.2. The summed E-state index contributed by atoms with van der Waals surface area (Å²) in [4.78, 5) is 35.7. The standard InChI is InChI=1S/C32H27N5O9/c38-12-20-27(41)28(42)29(43)32(46-20)36-19-10-15(40)2-4-17(19)22-24-23(21-16-3-1-14(39)9-18(16)35-25(21)26(22)36)30(44)37(31(24)45)34-11-13-5-7-33-8-6-13/h1-10,20,27-29,32,34-35,38-43H,11-12H2. The lowest BCUT2D eigenvalue weighted by atomic mass is 9.96. The second-order valence-electron chi connectivity index (χ2n) is 11.5. The topological polar surface area (TPSA) is 214 Å². The summed E-state index contributed by atoms with van der Waals surface area (Å²) in [7, 11) is 0. The molecule has 2 aliphatic rings. The Hall–Kier alpha value is -5.09. The summed E-state index contributed by atoms with van der Waals surface area (Å²) in [5.74, 6) is -1.45. The van der Waals surface area contributed by atoms with Crippen LogP contribution in [0.25, 0.3) is 43.6 Å².